The zero-order valence-corrected chi connectivity index (χ0v) is 12.8. The standard InChI is InChI=1S/C17H16FN3O2/c1-11-9-15(12(2)23-11)17(22)19-16-7-8-21(20-16)10-13-3-5-14(18)6-4-13/h3-9H,10H2,1-2H3,(H,19,20,22). The number of aromatic nitrogens is 2. The molecule has 3 rings (SSSR count). The monoisotopic (exact) mass is 313 g/mol. The number of furan rings is 1. The number of carbonyl (C=O) groups is 1. The average molecular weight is 313 g/mol. The van der Waals surface area contributed by atoms with Gasteiger partial charge >= 0.3 is 0 Å². The molecule has 3 aromatic rings. The number of halogens is 1. The van der Waals surface area contributed by atoms with E-state index in [-0.39, 0.29) is 11.7 Å². The second-order valence-electron chi connectivity index (χ2n) is 5.31. The number of nitrogens with zero attached hydrogens (tertiary/aromatic N) is 2. The molecule has 0 radical (unpaired) electrons. The molecule has 0 saturated carbocycles. The van der Waals surface area contributed by atoms with Crippen molar-refractivity contribution in [1.82, 2.24) is 9.78 Å². The first kappa shape index (κ1) is 15.0. The fourth-order valence-corrected chi connectivity index (χ4v) is 2.33. The predicted octanol–water partition coefficient (Wildman–Crippen LogP) is 3.53. The molecular formula is C17H16FN3O2. The van der Waals surface area contributed by atoms with Crippen LogP contribution in [0.4, 0.5) is 10.2 Å². The van der Waals surface area contributed by atoms with Crippen LogP contribution in [0.25, 0.3) is 0 Å². The van der Waals surface area contributed by atoms with Gasteiger partial charge in [0.15, 0.2) is 5.82 Å². The summed E-state index contributed by atoms with van der Waals surface area (Å²) in [5.41, 5.74) is 1.42. The Kier molecular flexibility index (Phi) is 3.97. The lowest BCUT2D eigenvalue weighted by molar-refractivity contribution is 0.102. The van der Waals surface area contributed by atoms with Crippen LogP contribution in [0.5, 0.6) is 0 Å². The van der Waals surface area contributed by atoms with Gasteiger partial charge in [0, 0.05) is 12.3 Å². The molecule has 118 valence electrons. The van der Waals surface area contributed by atoms with Gasteiger partial charge in [-0.1, -0.05) is 12.1 Å². The SMILES string of the molecule is Cc1cc(C(=O)Nc2ccn(Cc3ccc(F)cc3)n2)c(C)o1. The van der Waals surface area contributed by atoms with Crippen LogP contribution in [0, 0.1) is 19.7 Å². The first-order chi connectivity index (χ1) is 11.0. The number of anilines is 1. The van der Waals surface area contributed by atoms with E-state index in [1.165, 1.54) is 12.1 Å². The molecule has 1 aromatic carbocycles. The Balaban J connectivity index is 1.68. The van der Waals surface area contributed by atoms with E-state index >= 15 is 0 Å². The van der Waals surface area contributed by atoms with Gasteiger partial charge in [-0.2, -0.15) is 5.10 Å². The van der Waals surface area contributed by atoms with Gasteiger partial charge in [-0.05, 0) is 37.6 Å². The third kappa shape index (κ3) is 3.48. The molecule has 0 saturated heterocycles. The fraction of sp³-hybridized carbons (Fsp3) is 0.176. The highest BCUT2D eigenvalue weighted by atomic mass is 19.1. The summed E-state index contributed by atoms with van der Waals surface area (Å²) in [6.07, 6.45) is 1.76. The van der Waals surface area contributed by atoms with Crippen molar-refractivity contribution >= 4 is 11.7 Å². The molecular weight excluding hydrogens is 297 g/mol. The van der Waals surface area contributed by atoms with E-state index in [1.54, 1.807) is 49.0 Å². The molecule has 0 fully saturated rings. The van der Waals surface area contributed by atoms with Crippen LogP contribution in [0.1, 0.15) is 27.4 Å². The van der Waals surface area contributed by atoms with Gasteiger partial charge in [0.1, 0.15) is 17.3 Å². The number of amides is 1. The second kappa shape index (κ2) is 6.08. The molecule has 6 heteroatoms. The number of carbonyl (C=O) groups excluding carboxylic acids is 1. The van der Waals surface area contributed by atoms with Crippen molar-refractivity contribution in [1.29, 1.82) is 0 Å². The van der Waals surface area contributed by atoms with Crippen LogP contribution in [0.15, 0.2) is 47.0 Å². The zero-order valence-electron chi connectivity index (χ0n) is 12.8. The first-order valence-corrected chi connectivity index (χ1v) is 7.17. The quantitative estimate of drug-likeness (QED) is 0.801. The summed E-state index contributed by atoms with van der Waals surface area (Å²) >= 11 is 0. The predicted molar refractivity (Wildman–Crippen MR) is 83.9 cm³/mol. The highest BCUT2D eigenvalue weighted by Crippen LogP contribution is 2.15. The van der Waals surface area contributed by atoms with Crippen LogP contribution in [-0.2, 0) is 6.54 Å². The molecule has 0 spiro atoms. The maximum atomic E-state index is 12.9. The maximum Gasteiger partial charge on any atom is 0.260 e. The Bertz CT molecular complexity index is 834. The van der Waals surface area contributed by atoms with E-state index in [1.807, 2.05) is 0 Å². The van der Waals surface area contributed by atoms with Crippen LogP contribution in [-0.4, -0.2) is 15.7 Å². The Morgan fingerprint density at radius 1 is 1.26 bits per heavy atom. The number of benzene rings is 1. The largest absolute Gasteiger partial charge is 0.466 e. The zero-order chi connectivity index (χ0) is 16.4. The van der Waals surface area contributed by atoms with Gasteiger partial charge in [0.25, 0.3) is 5.91 Å². The van der Waals surface area contributed by atoms with Gasteiger partial charge in [0.05, 0.1) is 12.1 Å². The molecule has 5 nitrogen and oxygen atoms in total. The topological polar surface area (TPSA) is 60.1 Å². The van der Waals surface area contributed by atoms with Crippen molar-refractivity contribution in [3.05, 3.63) is 71.1 Å². The summed E-state index contributed by atoms with van der Waals surface area (Å²) in [6, 6.07) is 9.63. The smallest absolute Gasteiger partial charge is 0.260 e. The minimum atomic E-state index is -0.270. The average Bonchev–Trinajstić information content (AvgIpc) is 3.07. The van der Waals surface area contributed by atoms with Gasteiger partial charge < -0.3 is 9.73 Å². The van der Waals surface area contributed by atoms with E-state index in [4.69, 9.17) is 4.42 Å². The molecule has 0 atom stereocenters. The molecule has 2 heterocycles. The van der Waals surface area contributed by atoms with Crippen LogP contribution < -0.4 is 5.32 Å². The van der Waals surface area contributed by atoms with E-state index in [0.29, 0.717) is 29.4 Å². The number of nitrogens with one attached hydrogen (secondary N) is 1. The normalized spacial score (nSPS) is 10.7. The van der Waals surface area contributed by atoms with Crippen LogP contribution in [0.2, 0.25) is 0 Å². The molecule has 0 aliphatic heterocycles. The van der Waals surface area contributed by atoms with Gasteiger partial charge in [-0.15, -0.1) is 0 Å². The van der Waals surface area contributed by atoms with Gasteiger partial charge in [0.2, 0.25) is 0 Å². The number of hydrogen-bond donors (Lipinski definition) is 1. The molecule has 1 amide bonds. The minimum Gasteiger partial charge on any atom is -0.466 e. The molecule has 1 N–H and O–H groups in total. The lowest BCUT2D eigenvalue weighted by Gasteiger charge is -2.02. The number of aryl methyl sites for hydroxylation is 2. The molecule has 0 unspecified atom stereocenters. The third-order valence-electron chi connectivity index (χ3n) is 3.43. The lowest BCUT2D eigenvalue weighted by atomic mass is 10.2. The fourth-order valence-electron chi connectivity index (χ4n) is 2.33. The second-order valence-corrected chi connectivity index (χ2v) is 5.31. The summed E-state index contributed by atoms with van der Waals surface area (Å²) in [4.78, 5) is 12.2. The number of rotatable bonds is 4. The van der Waals surface area contributed by atoms with E-state index < -0.39 is 0 Å². The van der Waals surface area contributed by atoms with E-state index in [9.17, 15) is 9.18 Å². The third-order valence-corrected chi connectivity index (χ3v) is 3.43. The maximum absolute atomic E-state index is 12.9. The molecule has 23 heavy (non-hydrogen) atoms. The summed E-state index contributed by atoms with van der Waals surface area (Å²) in [7, 11) is 0. The van der Waals surface area contributed by atoms with Crippen LogP contribution >= 0.6 is 0 Å². The summed E-state index contributed by atoms with van der Waals surface area (Å²) in [5.74, 6) is 1.19. The molecule has 0 bridgehead atoms. The molecule has 0 aliphatic rings. The van der Waals surface area contributed by atoms with Crippen LogP contribution in [0.3, 0.4) is 0 Å². The van der Waals surface area contributed by atoms with Crippen molar-refractivity contribution < 1.29 is 13.6 Å². The lowest BCUT2D eigenvalue weighted by Crippen LogP contribution is -2.13. The highest BCUT2D eigenvalue weighted by molar-refractivity contribution is 6.04. The summed E-state index contributed by atoms with van der Waals surface area (Å²) in [6.45, 7) is 4.04. The van der Waals surface area contributed by atoms with Crippen molar-refractivity contribution in [2.24, 2.45) is 0 Å². The van der Waals surface area contributed by atoms with Crippen molar-refractivity contribution in [2.75, 3.05) is 5.32 Å². The Labute approximate surface area is 132 Å². The molecule has 2 aromatic heterocycles. The Morgan fingerprint density at radius 3 is 2.65 bits per heavy atom. The minimum absolute atomic E-state index is 0.258. The van der Waals surface area contributed by atoms with Crippen molar-refractivity contribution in [2.45, 2.75) is 20.4 Å². The summed E-state index contributed by atoms with van der Waals surface area (Å²) < 4.78 is 19.9. The summed E-state index contributed by atoms with van der Waals surface area (Å²) in [5, 5.41) is 7.03. The highest BCUT2D eigenvalue weighted by Gasteiger charge is 2.14. The number of hydrogen-bond acceptors (Lipinski definition) is 3. The van der Waals surface area contributed by atoms with Gasteiger partial charge in [-0.3, -0.25) is 9.48 Å². The van der Waals surface area contributed by atoms with Crippen molar-refractivity contribution in [3.8, 4) is 0 Å². The first-order valence-electron chi connectivity index (χ1n) is 7.17. The van der Waals surface area contributed by atoms with E-state index in [0.717, 1.165) is 5.56 Å². The molecule has 0 aliphatic carbocycles. The van der Waals surface area contributed by atoms with E-state index in [2.05, 4.69) is 10.4 Å². The van der Waals surface area contributed by atoms with Gasteiger partial charge in [-0.25, -0.2) is 4.39 Å². The van der Waals surface area contributed by atoms with Crippen molar-refractivity contribution in [3.63, 3.8) is 0 Å². The Morgan fingerprint density at radius 2 is 2.00 bits per heavy atom. The Hall–Kier alpha value is -2.89.